The van der Waals surface area contributed by atoms with E-state index >= 15 is 0 Å². The van der Waals surface area contributed by atoms with Crippen molar-refractivity contribution in [2.75, 3.05) is 11.6 Å². The molecule has 1 aliphatic rings. The van der Waals surface area contributed by atoms with E-state index < -0.39 is 11.8 Å². The molecule has 3 aromatic rings. The Balaban J connectivity index is 1.62. The van der Waals surface area contributed by atoms with Crippen molar-refractivity contribution >= 4 is 35.2 Å². The molecule has 170 valence electrons. The molecule has 2 amide bonds. The maximum absolute atomic E-state index is 12.9. The molecule has 0 unspecified atom stereocenters. The number of para-hydroxylation sites is 1. The standard InChI is InChI=1S/C26H20ClN3O4/c1-2-33-23-14-17(12-21-25(31)29-30(26(21)32)20-10-4-3-5-11-20)13-22(27)24(23)34-16-19-9-7-6-8-18(19)15-28/h3-14H,2,16H2,1H3,(H,29,31)/b21-12-. The fraction of sp³-hybridized carbons (Fsp3) is 0.115. The zero-order chi connectivity index (χ0) is 24.1. The van der Waals surface area contributed by atoms with Gasteiger partial charge in [0.1, 0.15) is 12.2 Å². The second kappa shape index (κ2) is 10.1. The van der Waals surface area contributed by atoms with Gasteiger partial charge in [0.2, 0.25) is 0 Å². The summed E-state index contributed by atoms with van der Waals surface area (Å²) < 4.78 is 11.6. The Hall–Kier alpha value is -4.28. The first kappa shape index (κ1) is 22.9. The zero-order valence-corrected chi connectivity index (χ0v) is 19.0. The fourth-order valence-electron chi connectivity index (χ4n) is 3.46. The van der Waals surface area contributed by atoms with Gasteiger partial charge in [-0.3, -0.25) is 15.0 Å². The Kier molecular flexibility index (Phi) is 6.81. The van der Waals surface area contributed by atoms with Crippen molar-refractivity contribution in [2.45, 2.75) is 13.5 Å². The lowest BCUT2D eigenvalue weighted by atomic mass is 10.1. The zero-order valence-electron chi connectivity index (χ0n) is 18.2. The van der Waals surface area contributed by atoms with Crippen LogP contribution in [-0.4, -0.2) is 18.4 Å². The van der Waals surface area contributed by atoms with E-state index in [0.717, 1.165) is 0 Å². The maximum atomic E-state index is 12.9. The number of carbonyl (C=O) groups excluding carboxylic acids is 2. The van der Waals surface area contributed by atoms with E-state index in [1.807, 2.05) is 19.1 Å². The minimum atomic E-state index is -0.517. The van der Waals surface area contributed by atoms with Gasteiger partial charge in [-0.1, -0.05) is 48.0 Å². The summed E-state index contributed by atoms with van der Waals surface area (Å²) in [4.78, 5) is 25.4. The second-order valence-corrected chi connectivity index (χ2v) is 7.70. The van der Waals surface area contributed by atoms with Gasteiger partial charge in [-0.05, 0) is 48.9 Å². The van der Waals surface area contributed by atoms with E-state index in [2.05, 4.69) is 11.5 Å². The molecular weight excluding hydrogens is 454 g/mol. The summed E-state index contributed by atoms with van der Waals surface area (Å²) in [6.45, 7) is 2.29. The molecule has 34 heavy (non-hydrogen) atoms. The fourth-order valence-corrected chi connectivity index (χ4v) is 3.74. The predicted octanol–water partition coefficient (Wildman–Crippen LogP) is 4.65. The van der Waals surface area contributed by atoms with Crippen molar-refractivity contribution in [1.82, 2.24) is 5.43 Å². The smallest absolute Gasteiger partial charge is 0.282 e. The van der Waals surface area contributed by atoms with Gasteiger partial charge < -0.3 is 9.47 Å². The number of amides is 2. The van der Waals surface area contributed by atoms with Gasteiger partial charge >= 0.3 is 0 Å². The molecule has 0 saturated carbocycles. The molecule has 1 aliphatic heterocycles. The van der Waals surface area contributed by atoms with Crippen LogP contribution in [0.2, 0.25) is 5.02 Å². The van der Waals surface area contributed by atoms with Crippen LogP contribution < -0.4 is 19.9 Å². The minimum absolute atomic E-state index is 0.0287. The van der Waals surface area contributed by atoms with Gasteiger partial charge in [0.25, 0.3) is 11.8 Å². The Labute approximate surface area is 201 Å². The molecule has 1 saturated heterocycles. The molecule has 0 aliphatic carbocycles. The van der Waals surface area contributed by atoms with Gasteiger partial charge in [-0.25, -0.2) is 5.01 Å². The molecule has 1 heterocycles. The lowest BCUT2D eigenvalue weighted by molar-refractivity contribution is -0.117. The van der Waals surface area contributed by atoms with Gasteiger partial charge in [-0.15, -0.1) is 0 Å². The van der Waals surface area contributed by atoms with Crippen LogP contribution in [0.1, 0.15) is 23.6 Å². The molecule has 1 fully saturated rings. The van der Waals surface area contributed by atoms with Crippen molar-refractivity contribution in [3.8, 4) is 17.6 Å². The highest BCUT2D eigenvalue weighted by atomic mass is 35.5. The van der Waals surface area contributed by atoms with Crippen molar-refractivity contribution in [1.29, 1.82) is 5.26 Å². The van der Waals surface area contributed by atoms with Gasteiger partial charge in [-0.2, -0.15) is 5.26 Å². The van der Waals surface area contributed by atoms with Gasteiger partial charge in [0, 0.05) is 5.56 Å². The molecule has 8 heteroatoms. The topological polar surface area (TPSA) is 91.7 Å². The summed E-state index contributed by atoms with van der Waals surface area (Å²) in [6.07, 6.45) is 1.46. The number of nitrogens with zero attached hydrogens (tertiary/aromatic N) is 2. The quantitative estimate of drug-likeness (QED) is 0.398. The normalized spacial score (nSPS) is 14.1. The van der Waals surface area contributed by atoms with Crippen molar-refractivity contribution in [3.63, 3.8) is 0 Å². The highest BCUT2D eigenvalue weighted by Crippen LogP contribution is 2.38. The first-order valence-corrected chi connectivity index (χ1v) is 10.9. The lowest BCUT2D eigenvalue weighted by Crippen LogP contribution is -2.35. The van der Waals surface area contributed by atoms with E-state index in [0.29, 0.717) is 40.5 Å². The van der Waals surface area contributed by atoms with Gasteiger partial charge in [0.15, 0.2) is 11.5 Å². The monoisotopic (exact) mass is 473 g/mol. The number of benzene rings is 3. The number of nitriles is 1. The Bertz CT molecular complexity index is 1320. The average molecular weight is 474 g/mol. The Morgan fingerprint density at radius 2 is 1.79 bits per heavy atom. The van der Waals surface area contributed by atoms with Crippen LogP contribution in [-0.2, 0) is 16.2 Å². The molecule has 3 aromatic carbocycles. The molecular formula is C26H20ClN3O4. The minimum Gasteiger partial charge on any atom is -0.490 e. The average Bonchev–Trinajstić information content (AvgIpc) is 3.13. The summed E-state index contributed by atoms with van der Waals surface area (Å²) in [7, 11) is 0. The highest BCUT2D eigenvalue weighted by Gasteiger charge is 2.34. The summed E-state index contributed by atoms with van der Waals surface area (Å²) in [5, 5.41) is 10.7. The number of nitrogens with one attached hydrogen (secondary N) is 1. The van der Waals surface area contributed by atoms with Crippen LogP contribution in [0.3, 0.4) is 0 Å². The number of anilines is 1. The number of rotatable bonds is 7. The summed E-state index contributed by atoms with van der Waals surface area (Å²) in [5.74, 6) is -0.316. The number of carbonyl (C=O) groups is 2. The van der Waals surface area contributed by atoms with Crippen LogP contribution in [0.4, 0.5) is 5.69 Å². The Morgan fingerprint density at radius 3 is 2.53 bits per heavy atom. The van der Waals surface area contributed by atoms with Crippen LogP contribution in [0, 0.1) is 11.3 Å². The Morgan fingerprint density at radius 1 is 1.06 bits per heavy atom. The van der Waals surface area contributed by atoms with Crippen LogP contribution in [0.25, 0.3) is 6.08 Å². The highest BCUT2D eigenvalue weighted by molar-refractivity contribution is 6.33. The summed E-state index contributed by atoms with van der Waals surface area (Å²) >= 11 is 6.50. The third-order valence-corrected chi connectivity index (χ3v) is 5.34. The predicted molar refractivity (Wildman–Crippen MR) is 128 cm³/mol. The summed E-state index contributed by atoms with van der Waals surface area (Å²) in [6, 6.07) is 21.3. The molecule has 0 aromatic heterocycles. The molecule has 1 N–H and O–H groups in total. The SMILES string of the molecule is CCOc1cc(/C=C2/C(=O)NN(c3ccccc3)C2=O)cc(Cl)c1OCc1ccccc1C#N. The molecule has 7 nitrogen and oxygen atoms in total. The van der Waals surface area contributed by atoms with Gasteiger partial charge in [0.05, 0.1) is 28.9 Å². The molecule has 0 spiro atoms. The van der Waals surface area contributed by atoms with Crippen molar-refractivity contribution in [3.05, 3.63) is 94.0 Å². The van der Waals surface area contributed by atoms with E-state index in [9.17, 15) is 14.9 Å². The van der Waals surface area contributed by atoms with E-state index in [-0.39, 0.29) is 17.2 Å². The van der Waals surface area contributed by atoms with E-state index in [1.165, 1.54) is 11.1 Å². The van der Waals surface area contributed by atoms with Crippen molar-refractivity contribution < 1.29 is 19.1 Å². The first-order valence-electron chi connectivity index (χ1n) is 10.5. The molecule has 4 rings (SSSR count). The third-order valence-electron chi connectivity index (χ3n) is 5.06. The number of ether oxygens (including phenoxy) is 2. The van der Waals surface area contributed by atoms with Crippen LogP contribution >= 0.6 is 11.6 Å². The number of hydrogen-bond acceptors (Lipinski definition) is 5. The molecule has 0 bridgehead atoms. The number of hydrogen-bond donors (Lipinski definition) is 1. The third kappa shape index (κ3) is 4.72. The van der Waals surface area contributed by atoms with Crippen LogP contribution in [0.15, 0.2) is 72.3 Å². The lowest BCUT2D eigenvalue weighted by Gasteiger charge is -2.15. The molecule has 0 atom stereocenters. The molecule has 0 radical (unpaired) electrons. The maximum Gasteiger partial charge on any atom is 0.282 e. The second-order valence-electron chi connectivity index (χ2n) is 7.30. The first-order chi connectivity index (χ1) is 16.5. The largest absolute Gasteiger partial charge is 0.490 e. The van der Waals surface area contributed by atoms with Crippen LogP contribution in [0.5, 0.6) is 11.5 Å². The van der Waals surface area contributed by atoms with E-state index in [1.54, 1.807) is 54.6 Å². The summed E-state index contributed by atoms with van der Waals surface area (Å²) in [5.41, 5.74) is 4.82. The van der Waals surface area contributed by atoms with E-state index in [4.69, 9.17) is 21.1 Å². The van der Waals surface area contributed by atoms with Crippen molar-refractivity contribution in [2.24, 2.45) is 0 Å². The number of halogens is 1. The number of hydrazine groups is 1.